The van der Waals surface area contributed by atoms with Crippen molar-refractivity contribution in [2.24, 2.45) is 0 Å². The maximum atomic E-state index is 13.9. The number of piperazine rings is 1. The van der Waals surface area contributed by atoms with Gasteiger partial charge in [0.15, 0.2) is 5.78 Å². The highest BCUT2D eigenvalue weighted by molar-refractivity contribution is 6.33. The first kappa shape index (κ1) is 27.9. The van der Waals surface area contributed by atoms with Crippen molar-refractivity contribution in [2.75, 3.05) is 44.2 Å². The summed E-state index contributed by atoms with van der Waals surface area (Å²) in [5.41, 5.74) is 2.28. The lowest BCUT2D eigenvalue weighted by Crippen LogP contribution is -2.49. The molecule has 1 N–H and O–H groups in total. The Kier molecular flexibility index (Phi) is 10.6. The van der Waals surface area contributed by atoms with Crippen molar-refractivity contribution in [1.29, 1.82) is 0 Å². The Morgan fingerprint density at radius 3 is 2.42 bits per heavy atom. The molecule has 0 bridgehead atoms. The Morgan fingerprint density at radius 2 is 1.69 bits per heavy atom. The van der Waals surface area contributed by atoms with E-state index >= 15 is 0 Å². The molecule has 1 saturated heterocycles. The first-order valence-corrected chi connectivity index (χ1v) is 12.3. The molecule has 0 amide bonds. The number of aliphatic hydroxyl groups excluding tert-OH is 1. The van der Waals surface area contributed by atoms with Crippen LogP contribution < -0.4 is 9.64 Å². The van der Waals surface area contributed by atoms with Gasteiger partial charge in [-0.15, -0.1) is 12.4 Å². The number of rotatable bonds is 10. The van der Waals surface area contributed by atoms with Crippen molar-refractivity contribution < 1.29 is 19.0 Å². The van der Waals surface area contributed by atoms with E-state index in [4.69, 9.17) is 16.3 Å². The summed E-state index contributed by atoms with van der Waals surface area (Å²) < 4.78 is 19.7. The number of ketones is 1. The van der Waals surface area contributed by atoms with Gasteiger partial charge in [-0.05, 0) is 42.3 Å². The van der Waals surface area contributed by atoms with Crippen LogP contribution in [0, 0.1) is 5.82 Å². The fourth-order valence-corrected chi connectivity index (χ4v) is 4.55. The number of nitrogens with zero attached hydrogens (tertiary/aromatic N) is 2. The molecule has 5 nitrogen and oxygen atoms in total. The number of aryl methyl sites for hydroxylation is 1. The number of ether oxygens (including phenoxy) is 1. The van der Waals surface area contributed by atoms with Gasteiger partial charge in [-0.25, -0.2) is 4.39 Å². The number of Topliss-reactive ketones (excluding diaryl/α,β-unsaturated/α-hetero) is 1. The van der Waals surface area contributed by atoms with E-state index < -0.39 is 11.9 Å². The second kappa shape index (κ2) is 13.6. The molecule has 3 aromatic carbocycles. The van der Waals surface area contributed by atoms with E-state index in [9.17, 15) is 14.3 Å². The lowest BCUT2D eigenvalue weighted by atomic mass is 10.0. The number of carbonyl (C=O) groups is 1. The quantitative estimate of drug-likeness (QED) is 0.360. The number of hydrogen-bond acceptors (Lipinski definition) is 5. The summed E-state index contributed by atoms with van der Waals surface area (Å²) >= 11 is 6.31. The summed E-state index contributed by atoms with van der Waals surface area (Å²) in [5.74, 6) is -0.377. The van der Waals surface area contributed by atoms with Crippen molar-refractivity contribution in [2.45, 2.75) is 18.9 Å². The average Bonchev–Trinajstić information content (AvgIpc) is 2.88. The van der Waals surface area contributed by atoms with Gasteiger partial charge in [0.2, 0.25) is 0 Å². The first-order chi connectivity index (χ1) is 17.0. The normalized spacial score (nSPS) is 14.7. The van der Waals surface area contributed by atoms with Gasteiger partial charge >= 0.3 is 0 Å². The maximum absolute atomic E-state index is 13.9. The van der Waals surface area contributed by atoms with Crippen LogP contribution in [-0.4, -0.2) is 61.2 Å². The number of carbonyl (C=O) groups excluding carboxylic acids is 1. The van der Waals surface area contributed by atoms with E-state index in [0.29, 0.717) is 18.7 Å². The van der Waals surface area contributed by atoms with Crippen molar-refractivity contribution in [3.63, 3.8) is 0 Å². The molecule has 0 saturated carbocycles. The third-order valence-corrected chi connectivity index (χ3v) is 6.51. The van der Waals surface area contributed by atoms with Crippen molar-refractivity contribution >= 4 is 35.5 Å². The van der Waals surface area contributed by atoms with Crippen LogP contribution in [0.25, 0.3) is 0 Å². The molecule has 1 aliphatic heterocycles. The van der Waals surface area contributed by atoms with Crippen LogP contribution in [0.4, 0.5) is 10.1 Å². The minimum absolute atomic E-state index is 0. The van der Waals surface area contributed by atoms with Crippen LogP contribution in [0.3, 0.4) is 0 Å². The molecule has 1 fully saturated rings. The summed E-state index contributed by atoms with van der Waals surface area (Å²) in [6.45, 7) is 3.69. The first-order valence-electron chi connectivity index (χ1n) is 11.9. The topological polar surface area (TPSA) is 53.0 Å². The molecule has 0 aliphatic carbocycles. The van der Waals surface area contributed by atoms with Crippen LogP contribution in [-0.2, 0) is 6.42 Å². The molecule has 0 aromatic heterocycles. The maximum Gasteiger partial charge on any atom is 0.167 e. The number of anilines is 1. The van der Waals surface area contributed by atoms with E-state index in [1.165, 1.54) is 18.2 Å². The van der Waals surface area contributed by atoms with Crippen LogP contribution >= 0.6 is 24.0 Å². The molecule has 1 heterocycles. The second-order valence-corrected chi connectivity index (χ2v) is 9.16. The smallest absolute Gasteiger partial charge is 0.167 e. The van der Waals surface area contributed by atoms with Crippen molar-refractivity contribution in [1.82, 2.24) is 4.90 Å². The summed E-state index contributed by atoms with van der Waals surface area (Å²) in [4.78, 5) is 17.2. The third-order valence-electron chi connectivity index (χ3n) is 6.19. The number of halogens is 3. The molecule has 192 valence electrons. The molecule has 0 radical (unpaired) electrons. The standard InChI is InChI=1S/C28H30ClFN2O3.ClH/c29-25-8-4-5-9-26(25)32-16-14-31(15-17-32)19-23(33)20-35-28-13-11-22(30)18-24(28)27(34)12-10-21-6-2-1-3-7-21;/h1-9,11,13,18,23,33H,10,12,14-17,19-20H2;1H. The molecule has 0 spiro atoms. The highest BCUT2D eigenvalue weighted by Crippen LogP contribution is 2.26. The van der Waals surface area contributed by atoms with E-state index in [1.807, 2.05) is 54.6 Å². The SMILES string of the molecule is Cl.O=C(CCc1ccccc1)c1cc(F)ccc1OCC(O)CN1CCN(c2ccccc2Cl)CC1. The number of hydrogen-bond donors (Lipinski definition) is 1. The highest BCUT2D eigenvalue weighted by Gasteiger charge is 2.22. The number of β-amino-alcohol motifs (C(OH)–C–C–N with tert-alkyl or cyclic N) is 1. The third kappa shape index (κ3) is 7.68. The molecular formula is C28H31Cl2FN2O3. The Labute approximate surface area is 222 Å². The Balaban J connectivity index is 0.00000361. The van der Waals surface area contributed by atoms with Crippen molar-refractivity contribution in [3.8, 4) is 5.75 Å². The summed E-state index contributed by atoms with van der Waals surface area (Å²) in [6, 6.07) is 21.4. The largest absolute Gasteiger partial charge is 0.490 e. The summed E-state index contributed by atoms with van der Waals surface area (Å²) in [6.07, 6.45) is 0.0831. The van der Waals surface area contributed by atoms with Gasteiger partial charge in [-0.2, -0.15) is 0 Å². The zero-order chi connectivity index (χ0) is 24.6. The average molecular weight is 533 g/mol. The van der Waals surface area contributed by atoms with Gasteiger partial charge in [0.05, 0.1) is 16.3 Å². The Morgan fingerprint density at radius 1 is 1.00 bits per heavy atom. The lowest BCUT2D eigenvalue weighted by Gasteiger charge is -2.37. The zero-order valence-corrected chi connectivity index (χ0v) is 21.6. The van der Waals surface area contributed by atoms with Gasteiger partial charge in [-0.1, -0.05) is 54.1 Å². The van der Waals surface area contributed by atoms with E-state index in [2.05, 4.69) is 9.80 Å². The van der Waals surface area contributed by atoms with Gasteiger partial charge in [0, 0.05) is 39.1 Å². The number of para-hydroxylation sites is 1. The van der Waals surface area contributed by atoms with E-state index in [0.717, 1.165) is 42.5 Å². The molecule has 1 unspecified atom stereocenters. The number of benzene rings is 3. The van der Waals surface area contributed by atoms with Gasteiger partial charge in [0.25, 0.3) is 0 Å². The fraction of sp³-hybridized carbons (Fsp3) is 0.321. The van der Waals surface area contributed by atoms with Gasteiger partial charge < -0.3 is 14.7 Å². The molecule has 8 heteroatoms. The highest BCUT2D eigenvalue weighted by atomic mass is 35.5. The van der Waals surface area contributed by atoms with E-state index in [1.54, 1.807) is 0 Å². The van der Waals surface area contributed by atoms with Crippen LogP contribution in [0.1, 0.15) is 22.3 Å². The minimum Gasteiger partial charge on any atom is -0.490 e. The van der Waals surface area contributed by atoms with Gasteiger partial charge in [-0.3, -0.25) is 9.69 Å². The molecule has 36 heavy (non-hydrogen) atoms. The number of aliphatic hydroxyl groups is 1. The summed E-state index contributed by atoms with van der Waals surface area (Å²) in [5, 5.41) is 11.3. The van der Waals surface area contributed by atoms with Crippen LogP contribution in [0.15, 0.2) is 72.8 Å². The minimum atomic E-state index is -0.737. The molecule has 1 atom stereocenters. The molecule has 1 aliphatic rings. The van der Waals surface area contributed by atoms with Crippen LogP contribution in [0.5, 0.6) is 5.75 Å². The van der Waals surface area contributed by atoms with Crippen LogP contribution in [0.2, 0.25) is 5.02 Å². The molecular weight excluding hydrogens is 502 g/mol. The predicted molar refractivity (Wildman–Crippen MR) is 144 cm³/mol. The van der Waals surface area contributed by atoms with Crippen molar-refractivity contribution in [3.05, 3.63) is 94.8 Å². The summed E-state index contributed by atoms with van der Waals surface area (Å²) in [7, 11) is 0. The predicted octanol–water partition coefficient (Wildman–Crippen LogP) is 5.28. The fourth-order valence-electron chi connectivity index (χ4n) is 4.30. The lowest BCUT2D eigenvalue weighted by molar-refractivity contribution is 0.0655. The monoisotopic (exact) mass is 532 g/mol. The van der Waals surface area contributed by atoms with E-state index in [-0.39, 0.29) is 36.8 Å². The molecule has 3 aromatic rings. The Hall–Kier alpha value is -2.64. The molecule has 4 rings (SSSR count). The zero-order valence-electron chi connectivity index (χ0n) is 20.0. The van der Waals surface area contributed by atoms with Gasteiger partial charge in [0.1, 0.15) is 24.3 Å². The Bertz CT molecular complexity index is 1120. The second-order valence-electron chi connectivity index (χ2n) is 8.75.